The van der Waals surface area contributed by atoms with Crippen molar-refractivity contribution in [1.29, 1.82) is 0 Å². The van der Waals surface area contributed by atoms with Gasteiger partial charge in [0, 0.05) is 14.6 Å². The third-order valence-corrected chi connectivity index (χ3v) is 6.46. The molecule has 0 aliphatic rings. The van der Waals surface area contributed by atoms with Crippen LogP contribution in [0.2, 0.25) is 0 Å². The molecule has 0 N–H and O–H groups in total. The van der Waals surface area contributed by atoms with Gasteiger partial charge in [0.15, 0.2) is 0 Å². The zero-order valence-corrected chi connectivity index (χ0v) is 14.6. The SMILES string of the molecule is C/C(=N\S(=O)C(C)(C)C)c1sc2ccccc2c1Br. The predicted molar refractivity (Wildman–Crippen MR) is 89.6 cm³/mol. The topological polar surface area (TPSA) is 29.4 Å². The van der Waals surface area contributed by atoms with Crippen molar-refractivity contribution in [3.05, 3.63) is 33.6 Å². The van der Waals surface area contributed by atoms with Gasteiger partial charge in [0.25, 0.3) is 0 Å². The van der Waals surface area contributed by atoms with E-state index in [1.807, 2.05) is 39.8 Å². The molecule has 2 aromatic rings. The second-order valence-electron chi connectivity index (χ2n) is 5.28. The molecule has 0 saturated carbocycles. The van der Waals surface area contributed by atoms with E-state index in [0.717, 1.165) is 15.1 Å². The van der Waals surface area contributed by atoms with E-state index in [9.17, 15) is 4.21 Å². The first kappa shape index (κ1) is 14.9. The molecule has 0 aliphatic heterocycles. The lowest BCUT2D eigenvalue weighted by atomic mass is 10.2. The van der Waals surface area contributed by atoms with Crippen molar-refractivity contribution in [2.45, 2.75) is 32.4 Å². The summed E-state index contributed by atoms with van der Waals surface area (Å²) in [5, 5.41) is 1.18. The number of benzene rings is 1. The molecule has 1 atom stereocenters. The molecule has 5 heteroatoms. The van der Waals surface area contributed by atoms with Crippen LogP contribution in [0.25, 0.3) is 10.1 Å². The molecule has 0 radical (unpaired) electrons. The fourth-order valence-electron chi connectivity index (χ4n) is 1.55. The zero-order chi connectivity index (χ0) is 14.2. The van der Waals surface area contributed by atoms with Gasteiger partial charge in [-0.1, -0.05) is 18.2 Å². The molecule has 1 heterocycles. The zero-order valence-electron chi connectivity index (χ0n) is 11.4. The molecule has 0 spiro atoms. The number of fused-ring (bicyclic) bond motifs is 1. The Morgan fingerprint density at radius 1 is 1.32 bits per heavy atom. The van der Waals surface area contributed by atoms with Crippen LogP contribution in [0.1, 0.15) is 32.6 Å². The number of halogens is 1. The van der Waals surface area contributed by atoms with Gasteiger partial charge in [0.2, 0.25) is 0 Å². The number of hydrogen-bond acceptors (Lipinski definition) is 2. The molecule has 0 amide bonds. The second-order valence-corrected chi connectivity index (χ2v) is 9.03. The number of hydrogen-bond donors (Lipinski definition) is 0. The minimum atomic E-state index is -1.22. The summed E-state index contributed by atoms with van der Waals surface area (Å²) in [4.78, 5) is 1.05. The summed E-state index contributed by atoms with van der Waals surface area (Å²) in [6.07, 6.45) is 0. The number of nitrogens with zero attached hydrogens (tertiary/aromatic N) is 1. The second kappa shape index (κ2) is 5.46. The van der Waals surface area contributed by atoms with Crippen LogP contribution in [0.15, 0.2) is 33.1 Å². The highest BCUT2D eigenvalue weighted by Gasteiger charge is 2.20. The van der Waals surface area contributed by atoms with E-state index in [2.05, 4.69) is 32.5 Å². The fourth-order valence-corrected chi connectivity index (χ4v) is 4.27. The molecule has 1 unspecified atom stereocenters. The van der Waals surface area contributed by atoms with Crippen molar-refractivity contribution in [2.75, 3.05) is 0 Å². The number of rotatable bonds is 2. The van der Waals surface area contributed by atoms with Crippen LogP contribution in [-0.2, 0) is 11.0 Å². The summed E-state index contributed by atoms with van der Waals surface area (Å²) in [5.74, 6) is 0. The average Bonchev–Trinajstić information content (AvgIpc) is 2.66. The predicted octanol–water partition coefficient (Wildman–Crippen LogP) is 4.94. The van der Waals surface area contributed by atoms with Crippen molar-refractivity contribution in [1.82, 2.24) is 0 Å². The van der Waals surface area contributed by atoms with Crippen LogP contribution < -0.4 is 0 Å². The molecule has 0 saturated heterocycles. The van der Waals surface area contributed by atoms with Gasteiger partial charge in [-0.05, 0) is 49.7 Å². The average molecular weight is 358 g/mol. The Bertz CT molecular complexity index is 668. The molecule has 0 fully saturated rings. The summed E-state index contributed by atoms with van der Waals surface area (Å²) in [6, 6.07) is 8.20. The Hall–Kier alpha value is -0.520. The molecule has 0 aliphatic carbocycles. The lowest BCUT2D eigenvalue weighted by molar-refractivity contribution is 0.650. The quantitative estimate of drug-likeness (QED) is 0.700. The molecule has 1 aromatic carbocycles. The van der Waals surface area contributed by atoms with Gasteiger partial charge in [-0.3, -0.25) is 0 Å². The summed E-state index contributed by atoms with van der Waals surface area (Å²) >= 11 is 5.30. The van der Waals surface area contributed by atoms with Crippen LogP contribution in [0.4, 0.5) is 0 Å². The Labute approximate surface area is 128 Å². The summed E-state index contributed by atoms with van der Waals surface area (Å²) in [7, 11) is -1.22. The standard InChI is InChI=1S/C14H16BrNOS2/c1-9(16-19(17)14(2,3)4)13-12(15)10-7-5-6-8-11(10)18-13/h5-8H,1-4H3/b16-9+. The molecule has 102 valence electrons. The van der Waals surface area contributed by atoms with Gasteiger partial charge >= 0.3 is 0 Å². The first-order valence-corrected chi connectivity index (χ1v) is 8.67. The minimum absolute atomic E-state index is 0.329. The van der Waals surface area contributed by atoms with Crippen LogP contribution in [0.5, 0.6) is 0 Å². The highest BCUT2D eigenvalue weighted by molar-refractivity contribution is 9.10. The Morgan fingerprint density at radius 2 is 1.95 bits per heavy atom. The largest absolute Gasteiger partial charge is 0.234 e. The highest BCUT2D eigenvalue weighted by Crippen LogP contribution is 2.36. The van der Waals surface area contributed by atoms with Crippen LogP contribution in [0.3, 0.4) is 0 Å². The van der Waals surface area contributed by atoms with Crippen LogP contribution >= 0.6 is 27.3 Å². The smallest absolute Gasteiger partial charge is 0.145 e. The van der Waals surface area contributed by atoms with E-state index < -0.39 is 11.0 Å². The van der Waals surface area contributed by atoms with Gasteiger partial charge in [0.1, 0.15) is 11.0 Å². The van der Waals surface area contributed by atoms with Gasteiger partial charge in [0.05, 0.1) is 15.3 Å². The molecular weight excluding hydrogens is 342 g/mol. The Morgan fingerprint density at radius 3 is 2.53 bits per heavy atom. The molecule has 1 aromatic heterocycles. The molecule has 2 rings (SSSR count). The van der Waals surface area contributed by atoms with E-state index in [4.69, 9.17) is 0 Å². The van der Waals surface area contributed by atoms with Crippen molar-refractivity contribution >= 4 is 54.1 Å². The number of thiophene rings is 1. The molecular formula is C14H16BrNOS2. The van der Waals surface area contributed by atoms with Gasteiger partial charge in [-0.2, -0.15) is 4.40 Å². The first-order valence-electron chi connectivity index (χ1n) is 5.95. The Kier molecular flexibility index (Phi) is 4.28. The Balaban J connectivity index is 2.48. The van der Waals surface area contributed by atoms with Crippen molar-refractivity contribution in [3.8, 4) is 0 Å². The molecule has 2 nitrogen and oxygen atoms in total. The van der Waals surface area contributed by atoms with E-state index in [0.29, 0.717) is 0 Å². The van der Waals surface area contributed by atoms with Crippen molar-refractivity contribution in [2.24, 2.45) is 4.40 Å². The van der Waals surface area contributed by atoms with Gasteiger partial charge in [-0.15, -0.1) is 11.3 Å². The maximum absolute atomic E-state index is 12.1. The first-order chi connectivity index (χ1) is 8.80. The summed E-state index contributed by atoms with van der Waals surface area (Å²) in [5.41, 5.74) is 0.821. The third kappa shape index (κ3) is 3.15. The van der Waals surface area contributed by atoms with Crippen molar-refractivity contribution < 1.29 is 4.21 Å². The highest BCUT2D eigenvalue weighted by atomic mass is 79.9. The molecule has 0 bridgehead atoms. The van der Waals surface area contributed by atoms with Crippen LogP contribution in [0, 0.1) is 0 Å². The van der Waals surface area contributed by atoms with Crippen LogP contribution in [-0.4, -0.2) is 14.7 Å². The third-order valence-electron chi connectivity index (χ3n) is 2.61. The summed E-state index contributed by atoms with van der Waals surface area (Å²) < 4.78 is 18.4. The monoisotopic (exact) mass is 357 g/mol. The van der Waals surface area contributed by atoms with E-state index >= 15 is 0 Å². The minimum Gasteiger partial charge on any atom is -0.234 e. The molecule has 19 heavy (non-hydrogen) atoms. The van der Waals surface area contributed by atoms with Gasteiger partial charge < -0.3 is 0 Å². The van der Waals surface area contributed by atoms with Gasteiger partial charge in [-0.25, -0.2) is 4.21 Å². The normalized spacial score (nSPS) is 14.9. The van der Waals surface area contributed by atoms with E-state index in [1.54, 1.807) is 11.3 Å². The van der Waals surface area contributed by atoms with E-state index in [-0.39, 0.29) is 4.75 Å². The fraction of sp³-hybridized carbons (Fsp3) is 0.357. The van der Waals surface area contributed by atoms with E-state index in [1.165, 1.54) is 10.1 Å². The maximum atomic E-state index is 12.1. The lowest BCUT2D eigenvalue weighted by Gasteiger charge is -2.13. The summed E-state index contributed by atoms with van der Waals surface area (Å²) in [6.45, 7) is 7.71. The maximum Gasteiger partial charge on any atom is 0.145 e. The van der Waals surface area contributed by atoms with Crippen molar-refractivity contribution in [3.63, 3.8) is 0 Å². The lowest BCUT2D eigenvalue weighted by Crippen LogP contribution is -2.20.